The Morgan fingerprint density at radius 1 is 1.44 bits per heavy atom. The first-order valence-corrected chi connectivity index (χ1v) is 4.63. The van der Waals surface area contributed by atoms with Gasteiger partial charge in [-0.05, 0) is 16.1 Å². The van der Waals surface area contributed by atoms with E-state index in [0.29, 0.717) is 0 Å². The monoisotopic (exact) mass is 156 g/mol. The molecule has 0 saturated heterocycles. The molecule has 2 aromatic rings. The fourth-order valence-electron chi connectivity index (χ4n) is 0.794. The van der Waals surface area contributed by atoms with Gasteiger partial charge in [-0.3, -0.25) is 0 Å². The van der Waals surface area contributed by atoms with Crippen molar-refractivity contribution in [2.75, 3.05) is 0 Å². The second kappa shape index (κ2) is 1.80. The summed E-state index contributed by atoms with van der Waals surface area (Å²) in [5, 5.41) is 3.69. The van der Waals surface area contributed by atoms with Crippen LogP contribution < -0.4 is 0 Å². The van der Waals surface area contributed by atoms with Gasteiger partial charge in [-0.1, -0.05) is 0 Å². The molecule has 1 nitrogen and oxygen atoms in total. The van der Waals surface area contributed by atoms with Crippen molar-refractivity contribution < 1.29 is 4.55 Å². The third-order valence-electron chi connectivity index (χ3n) is 1.22. The highest BCUT2D eigenvalue weighted by Crippen LogP contribution is 2.31. The maximum absolute atomic E-state index is 11.0. The first-order valence-electron chi connectivity index (χ1n) is 2.54. The predicted octanol–water partition coefficient (Wildman–Crippen LogP) is 2.63. The molecule has 0 fully saturated rings. The largest absolute Gasteiger partial charge is 0.590 e. The van der Waals surface area contributed by atoms with Gasteiger partial charge in [-0.2, -0.15) is 0 Å². The van der Waals surface area contributed by atoms with Crippen molar-refractivity contribution in [2.24, 2.45) is 0 Å². The molecule has 0 saturated carbocycles. The molecule has 46 valence electrons. The lowest BCUT2D eigenvalue weighted by molar-refractivity contribution is 0.600. The Hall–Kier alpha value is -0.380. The first kappa shape index (κ1) is 5.41. The normalized spacial score (nSPS) is 12.8. The van der Waals surface area contributed by atoms with Crippen molar-refractivity contribution in [1.29, 1.82) is 0 Å². The van der Waals surface area contributed by atoms with Gasteiger partial charge in [0.25, 0.3) is 0 Å². The highest BCUT2D eigenvalue weighted by Gasteiger charge is 2.03. The number of thiophene rings is 2. The summed E-state index contributed by atoms with van der Waals surface area (Å²) in [5.41, 5.74) is 0. The lowest BCUT2D eigenvalue weighted by Crippen LogP contribution is -1.47. The van der Waals surface area contributed by atoms with Gasteiger partial charge in [0.05, 0.1) is 4.70 Å². The third kappa shape index (κ3) is 0.694. The molecular weight excluding hydrogens is 152 g/mol. The smallest absolute Gasteiger partial charge is 0.190 e. The highest BCUT2D eigenvalue weighted by atomic mass is 32.2. The molecule has 0 aliphatic carbocycles. The van der Waals surface area contributed by atoms with Crippen LogP contribution in [0.25, 0.3) is 9.40 Å². The molecule has 0 aliphatic heterocycles. The van der Waals surface area contributed by atoms with E-state index in [1.54, 1.807) is 16.7 Å². The van der Waals surface area contributed by atoms with Gasteiger partial charge in [0, 0.05) is 12.1 Å². The zero-order valence-electron chi connectivity index (χ0n) is 4.53. The van der Waals surface area contributed by atoms with Crippen LogP contribution in [-0.2, 0) is 0 Å². The van der Waals surface area contributed by atoms with Gasteiger partial charge in [0.1, 0.15) is 5.38 Å². The van der Waals surface area contributed by atoms with Crippen LogP contribution in [0.2, 0.25) is 0 Å². The molecule has 1 unspecified atom stereocenters. The summed E-state index contributed by atoms with van der Waals surface area (Å²) in [6, 6.07) is 3.83. The van der Waals surface area contributed by atoms with Crippen LogP contribution in [0.4, 0.5) is 0 Å². The summed E-state index contributed by atoms with van der Waals surface area (Å²) in [5.74, 6) is 0. The lowest BCUT2D eigenvalue weighted by Gasteiger charge is -1.80. The predicted molar refractivity (Wildman–Crippen MR) is 40.5 cm³/mol. The minimum Gasteiger partial charge on any atom is -0.590 e. The Morgan fingerprint density at radius 2 is 2.33 bits per heavy atom. The maximum atomic E-state index is 11.0. The highest BCUT2D eigenvalue weighted by molar-refractivity contribution is 7.34. The second-order valence-corrected chi connectivity index (χ2v) is 4.00. The molecule has 0 amide bonds. The van der Waals surface area contributed by atoms with E-state index in [1.807, 2.05) is 17.5 Å². The quantitative estimate of drug-likeness (QED) is 0.538. The molecule has 9 heavy (non-hydrogen) atoms. The molecule has 2 heterocycles. The average Bonchev–Trinajstić information content (AvgIpc) is 2.35. The van der Waals surface area contributed by atoms with E-state index in [4.69, 9.17) is 0 Å². The van der Waals surface area contributed by atoms with Gasteiger partial charge in [-0.15, -0.1) is 11.3 Å². The van der Waals surface area contributed by atoms with Crippen LogP contribution in [0.3, 0.4) is 0 Å². The van der Waals surface area contributed by atoms with Crippen molar-refractivity contribution in [3.05, 3.63) is 22.9 Å². The van der Waals surface area contributed by atoms with E-state index in [0.717, 1.165) is 9.40 Å². The van der Waals surface area contributed by atoms with E-state index < -0.39 is 10.8 Å². The molecule has 0 aromatic carbocycles. The van der Waals surface area contributed by atoms with Crippen LogP contribution >= 0.6 is 22.1 Å². The molecule has 3 heteroatoms. The zero-order chi connectivity index (χ0) is 6.27. The fraction of sp³-hybridized carbons (Fsp3) is 0. The van der Waals surface area contributed by atoms with Crippen LogP contribution in [0.15, 0.2) is 22.9 Å². The van der Waals surface area contributed by atoms with Crippen LogP contribution in [-0.4, -0.2) is 4.55 Å². The third-order valence-corrected chi connectivity index (χ3v) is 3.40. The van der Waals surface area contributed by atoms with E-state index in [2.05, 4.69) is 0 Å². The van der Waals surface area contributed by atoms with Crippen LogP contribution in [0, 0.1) is 0 Å². The topological polar surface area (TPSA) is 23.1 Å². The molecular formula is C6H4OS2. The molecule has 2 rings (SSSR count). The number of rotatable bonds is 0. The maximum Gasteiger partial charge on any atom is 0.190 e. The SMILES string of the molecule is [O-][s+]1ccc2sccc21. The van der Waals surface area contributed by atoms with E-state index >= 15 is 0 Å². The molecule has 0 spiro atoms. The Morgan fingerprint density at radius 3 is 3.11 bits per heavy atom. The Bertz CT molecular complexity index is 320. The minimum atomic E-state index is -0.837. The van der Waals surface area contributed by atoms with Crippen molar-refractivity contribution in [3.8, 4) is 0 Å². The van der Waals surface area contributed by atoms with Crippen molar-refractivity contribution >= 4 is 31.5 Å². The van der Waals surface area contributed by atoms with Gasteiger partial charge < -0.3 is 4.55 Å². The van der Waals surface area contributed by atoms with Crippen molar-refractivity contribution in [2.45, 2.75) is 0 Å². The van der Waals surface area contributed by atoms with Gasteiger partial charge in [0.2, 0.25) is 0 Å². The lowest BCUT2D eigenvalue weighted by atomic mass is 10.5. The minimum absolute atomic E-state index is 0.837. The summed E-state index contributed by atoms with van der Waals surface area (Å²) in [6.45, 7) is 0. The van der Waals surface area contributed by atoms with E-state index in [9.17, 15) is 4.55 Å². The summed E-state index contributed by atoms with van der Waals surface area (Å²) >= 11 is 1.64. The fourth-order valence-corrected chi connectivity index (χ4v) is 2.91. The molecule has 0 aliphatic rings. The van der Waals surface area contributed by atoms with Crippen molar-refractivity contribution in [1.82, 2.24) is 0 Å². The molecule has 0 radical (unpaired) electrons. The Kier molecular flexibility index (Phi) is 1.08. The number of hydrogen-bond donors (Lipinski definition) is 0. The van der Waals surface area contributed by atoms with Gasteiger partial charge >= 0.3 is 0 Å². The average molecular weight is 156 g/mol. The molecule has 0 bridgehead atoms. The second-order valence-electron chi connectivity index (χ2n) is 1.75. The Balaban J connectivity index is 2.99. The Labute approximate surface area is 59.4 Å². The molecule has 2 aromatic heterocycles. The van der Waals surface area contributed by atoms with Crippen molar-refractivity contribution in [3.63, 3.8) is 0 Å². The van der Waals surface area contributed by atoms with Crippen LogP contribution in [0.1, 0.15) is 0 Å². The molecule has 1 atom stereocenters. The van der Waals surface area contributed by atoms with Crippen LogP contribution in [0.5, 0.6) is 0 Å². The summed E-state index contributed by atoms with van der Waals surface area (Å²) < 4.78 is 13.1. The number of hydrogen-bond acceptors (Lipinski definition) is 2. The van der Waals surface area contributed by atoms with Gasteiger partial charge in [-0.25, -0.2) is 0 Å². The summed E-state index contributed by atoms with van der Waals surface area (Å²) in [7, 11) is -0.837. The first-order chi connectivity index (χ1) is 4.38. The standard InChI is InChI=1S/C6H4OS2/c7-9-4-2-5-6(9)1-3-8-5/h1-4H. The van der Waals surface area contributed by atoms with Gasteiger partial charge in [0.15, 0.2) is 4.70 Å². The summed E-state index contributed by atoms with van der Waals surface area (Å²) in [6.07, 6.45) is 0. The van der Waals surface area contributed by atoms with E-state index in [1.165, 1.54) is 0 Å². The van der Waals surface area contributed by atoms with E-state index in [-0.39, 0.29) is 0 Å². The number of fused-ring (bicyclic) bond motifs is 1. The zero-order valence-corrected chi connectivity index (χ0v) is 6.17. The summed E-state index contributed by atoms with van der Waals surface area (Å²) in [4.78, 5) is 0. The molecule has 0 N–H and O–H groups in total.